The molecule has 2 aromatic heterocycles. The number of halogens is 2. The van der Waals surface area contributed by atoms with Gasteiger partial charge in [0.25, 0.3) is 0 Å². The van der Waals surface area contributed by atoms with Gasteiger partial charge in [-0.2, -0.15) is 10.4 Å². The topological polar surface area (TPSA) is 101 Å². The summed E-state index contributed by atoms with van der Waals surface area (Å²) in [6.07, 6.45) is 1.48. The fourth-order valence-corrected chi connectivity index (χ4v) is 3.34. The van der Waals surface area contributed by atoms with Crippen molar-refractivity contribution in [2.75, 3.05) is 0 Å². The van der Waals surface area contributed by atoms with E-state index in [1.807, 2.05) is 13.0 Å². The Morgan fingerprint density at radius 2 is 2.00 bits per heavy atom. The molecule has 1 aromatic carbocycles. The first-order valence-corrected chi connectivity index (χ1v) is 9.00. The minimum absolute atomic E-state index is 0.132. The molecule has 0 bridgehead atoms. The number of carbonyl (C=O) groups is 1. The van der Waals surface area contributed by atoms with Crippen molar-refractivity contribution in [3.63, 3.8) is 0 Å². The van der Waals surface area contributed by atoms with Crippen molar-refractivity contribution in [3.05, 3.63) is 73.7 Å². The highest BCUT2D eigenvalue weighted by molar-refractivity contribution is 6.42. The van der Waals surface area contributed by atoms with Crippen molar-refractivity contribution in [2.24, 2.45) is 0 Å². The van der Waals surface area contributed by atoms with Crippen molar-refractivity contribution in [3.8, 4) is 17.3 Å². The molecule has 7 nitrogen and oxygen atoms in total. The van der Waals surface area contributed by atoms with Crippen LogP contribution in [0.5, 0.6) is 0 Å². The summed E-state index contributed by atoms with van der Waals surface area (Å²) in [6.45, 7) is 2.34. The second-order valence-electron chi connectivity index (χ2n) is 5.89. The maximum atomic E-state index is 12.6. The lowest BCUT2D eigenvalue weighted by molar-refractivity contribution is 0.0695. The molecule has 3 aromatic rings. The molecular weight excluding hydrogens is 403 g/mol. The lowest BCUT2D eigenvalue weighted by Crippen LogP contribution is -2.24. The van der Waals surface area contributed by atoms with Crippen molar-refractivity contribution in [2.45, 2.75) is 20.0 Å². The van der Waals surface area contributed by atoms with Crippen LogP contribution < -0.4 is 5.43 Å². The van der Waals surface area contributed by atoms with Crippen molar-refractivity contribution in [1.29, 1.82) is 5.26 Å². The lowest BCUT2D eigenvalue weighted by Gasteiger charge is -2.20. The van der Waals surface area contributed by atoms with Gasteiger partial charge in [0.05, 0.1) is 28.5 Å². The van der Waals surface area contributed by atoms with E-state index in [1.54, 1.807) is 22.8 Å². The molecule has 0 saturated heterocycles. The van der Waals surface area contributed by atoms with Gasteiger partial charge in [0.15, 0.2) is 5.43 Å². The molecule has 2 heterocycles. The molecule has 28 heavy (non-hydrogen) atoms. The molecule has 0 radical (unpaired) electrons. The Morgan fingerprint density at radius 1 is 1.25 bits per heavy atom. The van der Waals surface area contributed by atoms with Crippen molar-refractivity contribution in [1.82, 2.24) is 14.3 Å². The molecule has 0 saturated carbocycles. The molecular formula is C19H14Cl2N4O3. The zero-order valence-electron chi connectivity index (χ0n) is 14.7. The average Bonchev–Trinajstić information content (AvgIpc) is 3.10. The molecule has 142 valence electrons. The highest BCUT2D eigenvalue weighted by atomic mass is 35.5. The average molecular weight is 417 g/mol. The number of nitrogens with zero attached hydrogens (tertiary/aromatic N) is 4. The molecule has 0 atom stereocenters. The van der Waals surface area contributed by atoms with Gasteiger partial charge in [-0.15, -0.1) is 0 Å². The molecule has 0 unspecified atom stereocenters. The van der Waals surface area contributed by atoms with Crippen LogP contribution in [0.25, 0.3) is 11.3 Å². The van der Waals surface area contributed by atoms with Crippen molar-refractivity contribution >= 4 is 29.2 Å². The van der Waals surface area contributed by atoms with Crippen LogP contribution in [0.15, 0.2) is 41.3 Å². The van der Waals surface area contributed by atoms with Crippen LogP contribution >= 0.6 is 23.2 Å². The number of benzene rings is 1. The zero-order valence-corrected chi connectivity index (χ0v) is 16.2. The number of aromatic nitrogens is 3. The quantitative estimate of drug-likeness (QED) is 0.683. The first-order valence-electron chi connectivity index (χ1n) is 8.24. The summed E-state index contributed by atoms with van der Waals surface area (Å²) in [4.78, 5) is 24.5. The van der Waals surface area contributed by atoms with E-state index in [1.165, 1.54) is 23.0 Å². The van der Waals surface area contributed by atoms with Crippen LogP contribution in [0.4, 0.5) is 0 Å². The van der Waals surface area contributed by atoms with Crippen LogP contribution in [-0.4, -0.2) is 25.4 Å². The summed E-state index contributed by atoms with van der Waals surface area (Å²) in [7, 11) is 0. The van der Waals surface area contributed by atoms with Crippen LogP contribution in [0, 0.1) is 11.3 Å². The van der Waals surface area contributed by atoms with E-state index in [0.717, 1.165) is 0 Å². The minimum Gasteiger partial charge on any atom is -0.477 e. The van der Waals surface area contributed by atoms with E-state index in [2.05, 4.69) is 5.10 Å². The highest BCUT2D eigenvalue weighted by Crippen LogP contribution is 2.30. The number of hydrogen-bond acceptors (Lipinski definition) is 4. The lowest BCUT2D eigenvalue weighted by atomic mass is 10.0. The number of carboxylic acid groups (broad SMARTS) is 1. The number of pyridine rings is 1. The van der Waals surface area contributed by atoms with Gasteiger partial charge in [0.1, 0.15) is 17.3 Å². The summed E-state index contributed by atoms with van der Waals surface area (Å²) < 4.78 is 3.15. The maximum Gasteiger partial charge on any atom is 0.341 e. The van der Waals surface area contributed by atoms with Gasteiger partial charge in [-0.3, -0.25) is 4.79 Å². The molecule has 0 amide bonds. The van der Waals surface area contributed by atoms with E-state index in [4.69, 9.17) is 23.2 Å². The first-order chi connectivity index (χ1) is 13.4. The second kappa shape index (κ2) is 7.89. The summed E-state index contributed by atoms with van der Waals surface area (Å²) in [5.41, 5.74) is 0.520. The Labute approximate surface area is 170 Å². The molecule has 0 aliphatic rings. The molecule has 0 spiro atoms. The van der Waals surface area contributed by atoms with Gasteiger partial charge in [-0.05, 0) is 25.1 Å². The van der Waals surface area contributed by atoms with Crippen LogP contribution in [-0.2, 0) is 13.1 Å². The monoisotopic (exact) mass is 416 g/mol. The molecule has 1 N–H and O–H groups in total. The summed E-state index contributed by atoms with van der Waals surface area (Å²) >= 11 is 12.1. The van der Waals surface area contributed by atoms with Crippen LogP contribution in [0.3, 0.4) is 0 Å². The van der Waals surface area contributed by atoms with E-state index in [-0.39, 0.29) is 22.8 Å². The van der Waals surface area contributed by atoms with Gasteiger partial charge < -0.3 is 9.67 Å². The third-order valence-electron chi connectivity index (χ3n) is 4.26. The minimum atomic E-state index is -1.34. The summed E-state index contributed by atoms with van der Waals surface area (Å²) in [5, 5.41) is 23.5. The Bertz CT molecular complexity index is 1170. The van der Waals surface area contributed by atoms with Gasteiger partial charge in [-0.25, -0.2) is 9.48 Å². The van der Waals surface area contributed by atoms with E-state index in [9.17, 15) is 20.0 Å². The Morgan fingerprint density at radius 3 is 2.61 bits per heavy atom. The third kappa shape index (κ3) is 3.52. The Balaban J connectivity index is 2.30. The largest absolute Gasteiger partial charge is 0.477 e. The molecule has 0 aliphatic heterocycles. The predicted octanol–water partition coefficient (Wildman–Crippen LogP) is 3.66. The van der Waals surface area contributed by atoms with E-state index < -0.39 is 11.4 Å². The second-order valence-corrected chi connectivity index (χ2v) is 6.70. The highest BCUT2D eigenvalue weighted by Gasteiger charge is 2.22. The van der Waals surface area contributed by atoms with Gasteiger partial charge in [-0.1, -0.05) is 29.3 Å². The predicted molar refractivity (Wildman–Crippen MR) is 105 cm³/mol. The standard InChI is InChI=1S/C19H14Cl2N4O3/c1-2-24-13(10-25-12(9-22)5-6-23-25)8-16(26)17(19(27)28)18(24)11-3-4-14(20)15(21)7-11/h3-8H,2,10H2,1H3,(H,27,28). The number of carboxylic acids is 1. The van der Waals surface area contributed by atoms with E-state index >= 15 is 0 Å². The number of rotatable bonds is 5. The summed E-state index contributed by atoms with van der Waals surface area (Å²) in [6, 6.07) is 9.52. The first kappa shape index (κ1) is 19.7. The number of aromatic carboxylic acids is 1. The normalized spacial score (nSPS) is 10.6. The number of hydrogen-bond donors (Lipinski definition) is 1. The summed E-state index contributed by atoms with van der Waals surface area (Å²) in [5.74, 6) is -1.34. The van der Waals surface area contributed by atoms with Gasteiger partial charge in [0, 0.05) is 23.9 Å². The van der Waals surface area contributed by atoms with Gasteiger partial charge >= 0.3 is 5.97 Å². The van der Waals surface area contributed by atoms with Crippen LogP contribution in [0.2, 0.25) is 10.0 Å². The smallest absolute Gasteiger partial charge is 0.341 e. The SMILES string of the molecule is CCn1c(Cn2nccc2C#N)cc(=O)c(C(=O)O)c1-c1ccc(Cl)c(Cl)c1. The fourth-order valence-electron chi connectivity index (χ4n) is 3.05. The Hall–Kier alpha value is -3.08. The van der Waals surface area contributed by atoms with E-state index in [0.29, 0.717) is 28.5 Å². The number of nitriles is 1. The Kier molecular flexibility index (Phi) is 5.54. The molecule has 3 rings (SSSR count). The van der Waals surface area contributed by atoms with Crippen molar-refractivity contribution < 1.29 is 9.90 Å². The van der Waals surface area contributed by atoms with Gasteiger partial charge in [0.2, 0.25) is 0 Å². The zero-order chi connectivity index (χ0) is 20.4. The molecule has 0 aliphatic carbocycles. The van der Waals surface area contributed by atoms with Crippen LogP contribution in [0.1, 0.15) is 28.7 Å². The maximum absolute atomic E-state index is 12.6. The molecule has 0 fully saturated rings. The molecule has 9 heteroatoms. The fraction of sp³-hybridized carbons (Fsp3) is 0.158. The third-order valence-corrected chi connectivity index (χ3v) is 5.00.